The number of aliphatic hydroxyl groups excluding tert-OH is 1. The van der Waals surface area contributed by atoms with Gasteiger partial charge in [0, 0.05) is 38.7 Å². The van der Waals surface area contributed by atoms with Gasteiger partial charge in [0.2, 0.25) is 0 Å². The van der Waals surface area contributed by atoms with Gasteiger partial charge in [0.1, 0.15) is 23.5 Å². The van der Waals surface area contributed by atoms with Crippen molar-refractivity contribution in [1.29, 1.82) is 0 Å². The van der Waals surface area contributed by atoms with Crippen molar-refractivity contribution in [3.8, 4) is 0 Å². The summed E-state index contributed by atoms with van der Waals surface area (Å²) in [4.78, 5) is 42.9. The van der Waals surface area contributed by atoms with Crippen LogP contribution in [0.5, 0.6) is 0 Å². The van der Waals surface area contributed by atoms with E-state index < -0.39 is 0 Å². The van der Waals surface area contributed by atoms with Gasteiger partial charge in [-0.1, -0.05) is 0 Å². The van der Waals surface area contributed by atoms with Crippen LogP contribution in [0.25, 0.3) is 0 Å². The van der Waals surface area contributed by atoms with Crippen LogP contribution in [0.3, 0.4) is 0 Å². The van der Waals surface area contributed by atoms with Crippen molar-refractivity contribution < 1.29 is 29.0 Å². The van der Waals surface area contributed by atoms with E-state index in [0.29, 0.717) is 32.3 Å². The molecule has 0 amide bonds. The lowest BCUT2D eigenvalue weighted by atomic mass is 10.1. The molecule has 1 atom stereocenters. The summed E-state index contributed by atoms with van der Waals surface area (Å²) in [5, 5.41) is 8.41. The van der Waals surface area contributed by atoms with E-state index in [2.05, 4.69) is 0 Å². The van der Waals surface area contributed by atoms with E-state index in [9.17, 15) is 19.2 Å². The molecule has 0 saturated carbocycles. The summed E-state index contributed by atoms with van der Waals surface area (Å²) in [5.41, 5.74) is 0. The van der Waals surface area contributed by atoms with Crippen molar-refractivity contribution in [3.05, 3.63) is 0 Å². The van der Waals surface area contributed by atoms with Gasteiger partial charge in [0.15, 0.2) is 5.78 Å². The van der Waals surface area contributed by atoms with Gasteiger partial charge < -0.3 is 19.4 Å². The molecule has 0 spiro atoms. The molecule has 1 aliphatic heterocycles. The molecule has 1 N–H and O–H groups in total. The highest BCUT2D eigenvalue weighted by atomic mass is 16.6. The summed E-state index contributed by atoms with van der Waals surface area (Å²) < 4.78 is 4.83. The van der Waals surface area contributed by atoms with Crippen molar-refractivity contribution in [1.82, 2.24) is 0 Å². The Morgan fingerprint density at radius 3 is 1.71 bits per heavy atom. The van der Waals surface area contributed by atoms with Crippen LogP contribution >= 0.6 is 0 Å². The Morgan fingerprint density at radius 2 is 1.29 bits per heavy atom. The minimum atomic E-state index is -0.109. The van der Waals surface area contributed by atoms with Crippen LogP contribution in [0, 0.1) is 0 Å². The second-order valence-corrected chi connectivity index (χ2v) is 6.12. The van der Waals surface area contributed by atoms with Crippen molar-refractivity contribution in [2.75, 3.05) is 13.2 Å². The van der Waals surface area contributed by atoms with Gasteiger partial charge in [0.25, 0.3) is 0 Å². The molecular weight excluding hydrogens is 312 g/mol. The highest BCUT2D eigenvalue weighted by Gasteiger charge is 2.29. The number of rotatable bonds is 13. The number of unbranched alkanes of at least 4 members (excludes halogenated alkanes) is 2. The topological polar surface area (TPSA) is 101 Å². The van der Waals surface area contributed by atoms with Crippen molar-refractivity contribution >= 4 is 23.1 Å². The van der Waals surface area contributed by atoms with E-state index in [0.717, 1.165) is 25.7 Å². The van der Waals surface area contributed by atoms with Gasteiger partial charge in [-0.25, -0.2) is 0 Å². The molecule has 0 aromatic carbocycles. The molecule has 0 aromatic rings. The summed E-state index contributed by atoms with van der Waals surface area (Å²) in [5.74, 6) is 0.648. The summed E-state index contributed by atoms with van der Waals surface area (Å²) in [7, 11) is 0. The van der Waals surface area contributed by atoms with Gasteiger partial charge in [-0.3, -0.25) is 9.59 Å². The molecule has 138 valence electrons. The maximum atomic E-state index is 11.0. The van der Waals surface area contributed by atoms with Crippen LogP contribution in [0.2, 0.25) is 0 Å². The number of ether oxygens (including phenoxy) is 1. The average molecular weight is 342 g/mol. The average Bonchev–Trinajstić information content (AvgIpc) is 3.33. The first-order valence-electron chi connectivity index (χ1n) is 8.62. The maximum absolute atomic E-state index is 11.0. The molecule has 1 heterocycles. The van der Waals surface area contributed by atoms with Gasteiger partial charge >= 0.3 is 0 Å². The first kappa shape index (κ1) is 22.6. The number of carbonyl (C=O) groups excluding carboxylic acids is 4. The summed E-state index contributed by atoms with van der Waals surface area (Å²) >= 11 is 0. The fourth-order valence-corrected chi connectivity index (χ4v) is 2.01. The molecule has 0 aromatic heterocycles. The summed E-state index contributed by atoms with van der Waals surface area (Å²) in [6.45, 7) is 3.67. The van der Waals surface area contributed by atoms with E-state index in [-0.39, 0.29) is 42.3 Å². The molecule has 1 fully saturated rings. The lowest BCUT2D eigenvalue weighted by Crippen LogP contribution is -2.05. The van der Waals surface area contributed by atoms with Crippen LogP contribution < -0.4 is 0 Å². The summed E-state index contributed by atoms with van der Waals surface area (Å²) in [6.07, 6.45) is 5.55. The van der Waals surface area contributed by atoms with Crippen LogP contribution in [-0.2, 0) is 23.9 Å². The van der Waals surface area contributed by atoms with E-state index >= 15 is 0 Å². The van der Waals surface area contributed by atoms with Crippen molar-refractivity contribution in [2.24, 2.45) is 0 Å². The Labute approximate surface area is 143 Å². The number of epoxide rings is 1. The molecule has 1 saturated heterocycles. The van der Waals surface area contributed by atoms with E-state index in [1.54, 1.807) is 13.8 Å². The Hall–Kier alpha value is -1.40. The largest absolute Gasteiger partial charge is 0.396 e. The minimum absolute atomic E-state index is 0.0639. The number of aliphatic hydroxyl groups is 1. The fourth-order valence-electron chi connectivity index (χ4n) is 2.01. The Kier molecular flexibility index (Phi) is 13.2. The second kappa shape index (κ2) is 14.0. The smallest absolute Gasteiger partial charge is 0.163 e. The molecule has 1 aliphatic rings. The van der Waals surface area contributed by atoms with Crippen LogP contribution in [-0.4, -0.2) is 47.6 Å². The molecule has 1 unspecified atom stereocenters. The Bertz CT molecular complexity index is 412. The predicted molar refractivity (Wildman–Crippen MR) is 89.8 cm³/mol. The first-order valence-corrected chi connectivity index (χ1v) is 8.62. The third-order valence-corrected chi connectivity index (χ3v) is 3.52. The van der Waals surface area contributed by atoms with Gasteiger partial charge in [-0.15, -0.1) is 0 Å². The standard InChI is InChI=1S/C9H14O3.C9H16O3/c1-7(10)4-2-3-5-8(11)9-6-12-9;1-8(11)4-2-3-5-9(12)6-7-10/h9H,2-6H2,1H3;10H,2-7H2,1H3. The van der Waals surface area contributed by atoms with Crippen LogP contribution in [0.4, 0.5) is 0 Å². The number of hydrogen-bond acceptors (Lipinski definition) is 6. The zero-order chi connectivity index (χ0) is 18.4. The van der Waals surface area contributed by atoms with Gasteiger partial charge in [-0.05, 0) is 39.5 Å². The quantitative estimate of drug-likeness (QED) is 0.407. The molecule has 6 nitrogen and oxygen atoms in total. The lowest BCUT2D eigenvalue weighted by molar-refractivity contribution is -0.121. The molecule has 1 rings (SSSR count). The molecule has 0 bridgehead atoms. The summed E-state index contributed by atoms with van der Waals surface area (Å²) in [6, 6.07) is 0. The molecule has 0 radical (unpaired) electrons. The Balaban J connectivity index is 0.000000441. The predicted octanol–water partition coefficient (Wildman–Crippen LogP) is 2.19. The molecule has 24 heavy (non-hydrogen) atoms. The number of ketones is 4. The fraction of sp³-hybridized carbons (Fsp3) is 0.778. The maximum Gasteiger partial charge on any atom is 0.163 e. The highest BCUT2D eigenvalue weighted by Crippen LogP contribution is 2.14. The van der Waals surface area contributed by atoms with E-state index in [4.69, 9.17) is 9.84 Å². The lowest BCUT2D eigenvalue weighted by Gasteiger charge is -1.97. The van der Waals surface area contributed by atoms with Crippen molar-refractivity contribution in [2.45, 2.75) is 77.7 Å². The van der Waals surface area contributed by atoms with Gasteiger partial charge in [-0.2, -0.15) is 0 Å². The zero-order valence-electron chi connectivity index (χ0n) is 14.8. The number of hydrogen-bond donors (Lipinski definition) is 1. The molecular formula is C18H30O6. The van der Waals surface area contributed by atoms with E-state index in [1.807, 2.05) is 0 Å². The van der Waals surface area contributed by atoms with Crippen LogP contribution in [0.15, 0.2) is 0 Å². The normalized spacial score (nSPS) is 15.2. The SMILES string of the molecule is CC(=O)CCCCC(=O)C1CO1.CC(=O)CCCCC(=O)CCO. The first-order chi connectivity index (χ1) is 11.4. The van der Waals surface area contributed by atoms with Crippen molar-refractivity contribution in [3.63, 3.8) is 0 Å². The molecule has 6 heteroatoms. The molecule has 0 aliphatic carbocycles. The van der Waals surface area contributed by atoms with Gasteiger partial charge in [0.05, 0.1) is 6.61 Å². The third-order valence-electron chi connectivity index (χ3n) is 3.52. The van der Waals surface area contributed by atoms with E-state index in [1.165, 1.54) is 0 Å². The Morgan fingerprint density at radius 1 is 0.833 bits per heavy atom. The van der Waals surface area contributed by atoms with Crippen LogP contribution in [0.1, 0.15) is 71.6 Å². The minimum Gasteiger partial charge on any atom is -0.396 e. The second-order valence-electron chi connectivity index (χ2n) is 6.12. The zero-order valence-corrected chi connectivity index (χ0v) is 14.8. The highest BCUT2D eigenvalue weighted by molar-refractivity contribution is 5.85. The number of Topliss-reactive ketones (excluding diaryl/α,β-unsaturated/α-hetero) is 4. The third kappa shape index (κ3) is 15.5. The monoisotopic (exact) mass is 342 g/mol. The number of carbonyl (C=O) groups is 4.